The molecule has 1 saturated heterocycles. The Hall–Kier alpha value is -3.03. The zero-order valence-corrected chi connectivity index (χ0v) is 16.7. The van der Waals surface area contributed by atoms with Crippen LogP contribution in [0, 0.1) is 0 Å². The summed E-state index contributed by atoms with van der Waals surface area (Å²) in [5.74, 6) is 0.225. The van der Waals surface area contributed by atoms with E-state index >= 15 is 0 Å². The molecule has 0 spiro atoms. The van der Waals surface area contributed by atoms with E-state index in [9.17, 15) is 9.18 Å². The minimum absolute atomic E-state index is 0.0445. The van der Waals surface area contributed by atoms with Crippen LogP contribution in [0.25, 0.3) is 5.65 Å². The van der Waals surface area contributed by atoms with Gasteiger partial charge in [-0.15, -0.1) is 0 Å². The normalized spacial score (nSPS) is 25.0. The molecule has 2 aliphatic heterocycles. The number of nitrogens with one attached hydrogen (secondary N) is 1. The van der Waals surface area contributed by atoms with E-state index in [1.165, 1.54) is 13.1 Å². The molecule has 0 radical (unpaired) electrons. The van der Waals surface area contributed by atoms with Gasteiger partial charge in [-0.05, 0) is 51.2 Å². The molecular formula is C21H25FN6O. The van der Waals surface area contributed by atoms with Gasteiger partial charge in [0.05, 0.1) is 18.4 Å². The van der Waals surface area contributed by atoms with Gasteiger partial charge in [0.1, 0.15) is 17.2 Å². The van der Waals surface area contributed by atoms with Gasteiger partial charge in [0.15, 0.2) is 5.65 Å². The highest BCUT2D eigenvalue weighted by Gasteiger charge is 2.31. The van der Waals surface area contributed by atoms with Crippen molar-refractivity contribution >= 4 is 23.1 Å². The molecule has 1 fully saturated rings. The van der Waals surface area contributed by atoms with Crippen molar-refractivity contribution in [3.8, 4) is 0 Å². The highest BCUT2D eigenvalue weighted by molar-refractivity contribution is 6.02. The minimum Gasteiger partial charge on any atom is -0.349 e. The molecular weight excluding hydrogens is 371 g/mol. The molecule has 0 unspecified atom stereocenters. The lowest BCUT2D eigenvalue weighted by Gasteiger charge is -2.28. The van der Waals surface area contributed by atoms with Gasteiger partial charge in [0.25, 0.3) is 5.91 Å². The molecule has 4 heterocycles. The molecule has 2 bridgehead atoms. The fourth-order valence-electron chi connectivity index (χ4n) is 3.98. The Morgan fingerprint density at radius 1 is 1.45 bits per heavy atom. The second-order valence-corrected chi connectivity index (χ2v) is 7.69. The molecule has 1 amide bonds. The highest BCUT2D eigenvalue weighted by atomic mass is 19.1. The molecule has 2 aromatic heterocycles. The van der Waals surface area contributed by atoms with Crippen molar-refractivity contribution in [2.24, 2.45) is 4.99 Å². The maximum atomic E-state index is 13.3. The van der Waals surface area contributed by atoms with E-state index in [0.29, 0.717) is 24.1 Å². The van der Waals surface area contributed by atoms with E-state index in [-0.39, 0.29) is 23.8 Å². The lowest BCUT2D eigenvalue weighted by atomic mass is 9.96. The Morgan fingerprint density at radius 2 is 2.28 bits per heavy atom. The largest absolute Gasteiger partial charge is 0.349 e. The molecule has 8 heteroatoms. The van der Waals surface area contributed by atoms with E-state index in [2.05, 4.69) is 26.9 Å². The molecule has 29 heavy (non-hydrogen) atoms. The molecule has 2 aromatic rings. The molecule has 2 aliphatic rings. The van der Waals surface area contributed by atoms with Crippen molar-refractivity contribution in [3.05, 3.63) is 48.2 Å². The molecule has 1 N–H and O–H groups in total. The Balaban J connectivity index is 1.80. The molecule has 0 aromatic carbocycles. The number of halogens is 1. The number of fused-ring (bicyclic) bond motifs is 3. The number of aliphatic imine (C=N–C) groups is 1. The second kappa shape index (κ2) is 7.77. The zero-order chi connectivity index (χ0) is 20.5. The Labute approximate surface area is 169 Å². The average molecular weight is 396 g/mol. The first kappa shape index (κ1) is 19.3. The van der Waals surface area contributed by atoms with Crippen molar-refractivity contribution in [3.63, 3.8) is 0 Å². The smallest absolute Gasteiger partial charge is 0.256 e. The number of nitrogens with zero attached hydrogens (tertiary/aromatic N) is 5. The third-order valence-corrected chi connectivity index (χ3v) is 5.51. The standard InChI is InChI=1S/C21H25FN6O/c1-13(22)11-23-17-7-6-14(2)25-21(29)16-12-24-28-10-8-19(26-20(16)28)27-9-4-5-18(27)15(17)3/h8,10-12,14,18H,3-7,9H2,1-2H3,(H,25,29)/b13-11+,23-17?/t14-,18-/m1/s1. The fourth-order valence-corrected chi connectivity index (χ4v) is 3.98. The molecule has 4 rings (SSSR count). The van der Waals surface area contributed by atoms with Gasteiger partial charge in [0, 0.05) is 24.5 Å². The van der Waals surface area contributed by atoms with Crippen LogP contribution in [-0.2, 0) is 0 Å². The minimum atomic E-state index is -0.350. The first-order valence-electron chi connectivity index (χ1n) is 9.94. The van der Waals surface area contributed by atoms with Gasteiger partial charge in [-0.1, -0.05) is 6.58 Å². The number of hydrogen-bond donors (Lipinski definition) is 1. The number of carbonyl (C=O) groups excluding carboxylic acids is 1. The van der Waals surface area contributed by atoms with E-state index < -0.39 is 0 Å². The summed E-state index contributed by atoms with van der Waals surface area (Å²) in [5.41, 5.74) is 2.64. The van der Waals surface area contributed by atoms with Crippen LogP contribution in [0.15, 0.2) is 47.6 Å². The number of allylic oxidation sites excluding steroid dienone is 1. The van der Waals surface area contributed by atoms with Crippen LogP contribution >= 0.6 is 0 Å². The van der Waals surface area contributed by atoms with E-state index in [0.717, 1.165) is 36.5 Å². The SMILES string of the molecule is C=C1C(=N/C=C(\C)F)CC[C@@H](C)NC(=O)c2cnn3ccc(nc23)N2CCC[C@H]12. The fraction of sp³-hybridized carbons (Fsp3) is 0.429. The Morgan fingerprint density at radius 3 is 3.07 bits per heavy atom. The maximum Gasteiger partial charge on any atom is 0.256 e. The van der Waals surface area contributed by atoms with Crippen molar-refractivity contribution in [1.82, 2.24) is 19.9 Å². The van der Waals surface area contributed by atoms with Gasteiger partial charge in [-0.2, -0.15) is 5.10 Å². The molecule has 0 aliphatic carbocycles. The zero-order valence-electron chi connectivity index (χ0n) is 16.7. The lowest BCUT2D eigenvalue weighted by Crippen LogP contribution is -2.34. The summed E-state index contributed by atoms with van der Waals surface area (Å²) >= 11 is 0. The van der Waals surface area contributed by atoms with Gasteiger partial charge >= 0.3 is 0 Å². The number of carbonyl (C=O) groups is 1. The Bertz CT molecular complexity index is 1020. The summed E-state index contributed by atoms with van der Waals surface area (Å²) in [4.78, 5) is 24.1. The van der Waals surface area contributed by atoms with Crippen molar-refractivity contribution in [2.75, 3.05) is 11.4 Å². The first-order chi connectivity index (χ1) is 13.9. The van der Waals surface area contributed by atoms with Gasteiger partial charge in [0.2, 0.25) is 0 Å². The number of hydrogen-bond acceptors (Lipinski definition) is 5. The van der Waals surface area contributed by atoms with Crippen molar-refractivity contribution in [1.29, 1.82) is 0 Å². The van der Waals surface area contributed by atoms with Gasteiger partial charge in [-0.3, -0.25) is 9.79 Å². The summed E-state index contributed by atoms with van der Waals surface area (Å²) in [6, 6.07) is 1.86. The van der Waals surface area contributed by atoms with Crippen molar-refractivity contribution < 1.29 is 9.18 Å². The van der Waals surface area contributed by atoms with Crippen LogP contribution < -0.4 is 10.2 Å². The highest BCUT2D eigenvalue weighted by Crippen LogP contribution is 2.30. The van der Waals surface area contributed by atoms with Crippen LogP contribution in [0.4, 0.5) is 10.2 Å². The average Bonchev–Trinajstić information content (AvgIpc) is 3.33. The molecule has 7 nitrogen and oxygen atoms in total. The summed E-state index contributed by atoms with van der Waals surface area (Å²) in [5, 5.41) is 7.26. The summed E-state index contributed by atoms with van der Waals surface area (Å²) in [7, 11) is 0. The van der Waals surface area contributed by atoms with Crippen LogP contribution in [-0.4, -0.2) is 44.8 Å². The van der Waals surface area contributed by atoms with E-state index in [1.807, 2.05) is 19.2 Å². The van der Waals surface area contributed by atoms with E-state index in [4.69, 9.17) is 4.98 Å². The van der Waals surface area contributed by atoms with Crippen LogP contribution in [0.5, 0.6) is 0 Å². The lowest BCUT2D eigenvalue weighted by molar-refractivity contribution is 0.0940. The third-order valence-electron chi connectivity index (χ3n) is 5.51. The predicted octanol–water partition coefficient (Wildman–Crippen LogP) is 3.44. The summed E-state index contributed by atoms with van der Waals surface area (Å²) < 4.78 is 15.0. The molecule has 0 saturated carbocycles. The van der Waals surface area contributed by atoms with Crippen LogP contribution in [0.3, 0.4) is 0 Å². The monoisotopic (exact) mass is 396 g/mol. The molecule has 152 valence electrons. The number of amides is 1. The number of anilines is 1. The quantitative estimate of drug-likeness (QED) is 0.801. The number of aromatic nitrogens is 3. The second-order valence-electron chi connectivity index (χ2n) is 7.69. The summed E-state index contributed by atoms with van der Waals surface area (Å²) in [6.45, 7) is 8.47. The van der Waals surface area contributed by atoms with Crippen LogP contribution in [0.2, 0.25) is 0 Å². The van der Waals surface area contributed by atoms with Gasteiger partial charge in [-0.25, -0.2) is 13.9 Å². The third kappa shape index (κ3) is 3.79. The summed E-state index contributed by atoms with van der Waals surface area (Å²) in [6.07, 6.45) is 7.82. The number of rotatable bonds is 1. The van der Waals surface area contributed by atoms with Crippen LogP contribution in [0.1, 0.15) is 49.9 Å². The predicted molar refractivity (Wildman–Crippen MR) is 111 cm³/mol. The first-order valence-corrected chi connectivity index (χ1v) is 9.94. The van der Waals surface area contributed by atoms with E-state index in [1.54, 1.807) is 10.7 Å². The maximum absolute atomic E-state index is 13.3. The Kier molecular flexibility index (Phi) is 5.17. The molecule has 2 atom stereocenters. The van der Waals surface area contributed by atoms with Crippen molar-refractivity contribution in [2.45, 2.75) is 51.6 Å². The topological polar surface area (TPSA) is 74.9 Å². The van der Waals surface area contributed by atoms with Gasteiger partial charge < -0.3 is 10.2 Å².